The lowest BCUT2D eigenvalue weighted by molar-refractivity contribution is 0.386. The van der Waals surface area contributed by atoms with E-state index in [1.165, 1.54) is 25.7 Å². The van der Waals surface area contributed by atoms with Crippen LogP contribution in [-0.2, 0) is 10.8 Å². The maximum atomic E-state index is 12.3. The Labute approximate surface area is 117 Å². The van der Waals surface area contributed by atoms with Crippen molar-refractivity contribution in [2.24, 2.45) is 5.92 Å². The van der Waals surface area contributed by atoms with E-state index in [2.05, 4.69) is 12.2 Å². The third kappa shape index (κ3) is 3.90. The Bertz CT molecular complexity index is 358. The van der Waals surface area contributed by atoms with Crippen molar-refractivity contribution in [3.8, 4) is 0 Å². The second-order valence-electron chi connectivity index (χ2n) is 5.05. The summed E-state index contributed by atoms with van der Waals surface area (Å²) in [5.41, 5.74) is 0. The molecule has 0 aromatic carbocycles. The van der Waals surface area contributed by atoms with Crippen LogP contribution in [0.4, 0.5) is 0 Å². The Kier molecular flexibility index (Phi) is 5.86. The average Bonchev–Trinajstić information content (AvgIpc) is 3.04. The van der Waals surface area contributed by atoms with Crippen molar-refractivity contribution in [2.45, 2.75) is 49.3 Å². The van der Waals surface area contributed by atoms with Gasteiger partial charge in [0.1, 0.15) is 0 Å². The molecule has 1 aliphatic carbocycles. The van der Waals surface area contributed by atoms with E-state index in [4.69, 9.17) is 0 Å². The molecule has 1 N–H and O–H groups in total. The number of rotatable bonds is 7. The summed E-state index contributed by atoms with van der Waals surface area (Å²) in [6.07, 6.45) is 6.46. The van der Waals surface area contributed by atoms with E-state index in [0.717, 1.165) is 28.8 Å². The quantitative estimate of drug-likeness (QED) is 0.832. The van der Waals surface area contributed by atoms with Crippen LogP contribution >= 0.6 is 11.3 Å². The second kappa shape index (κ2) is 7.41. The lowest BCUT2D eigenvalue weighted by Gasteiger charge is -2.24. The van der Waals surface area contributed by atoms with E-state index in [1.807, 2.05) is 17.5 Å². The van der Waals surface area contributed by atoms with Gasteiger partial charge in [-0.05, 0) is 43.2 Å². The smallest absolute Gasteiger partial charge is 0.0911 e. The first-order valence-electron chi connectivity index (χ1n) is 6.96. The summed E-state index contributed by atoms with van der Waals surface area (Å²) in [6, 6.07) is 4.42. The van der Waals surface area contributed by atoms with E-state index in [0.29, 0.717) is 6.04 Å². The van der Waals surface area contributed by atoms with Crippen LogP contribution < -0.4 is 5.32 Å². The zero-order chi connectivity index (χ0) is 12.8. The summed E-state index contributed by atoms with van der Waals surface area (Å²) >= 11 is 1.61. The van der Waals surface area contributed by atoms with Crippen molar-refractivity contribution in [3.63, 3.8) is 0 Å². The largest absolute Gasteiger partial charge is 0.313 e. The molecule has 1 aromatic heterocycles. The summed E-state index contributed by atoms with van der Waals surface area (Å²) in [5, 5.41) is 5.63. The fourth-order valence-electron chi connectivity index (χ4n) is 2.69. The molecular formula is C14H23NOS2. The van der Waals surface area contributed by atoms with E-state index < -0.39 is 10.8 Å². The molecule has 1 saturated carbocycles. The number of nitrogens with one attached hydrogen (secondary N) is 1. The highest BCUT2D eigenvalue weighted by molar-refractivity contribution is 7.87. The molecule has 0 radical (unpaired) electrons. The Hall–Kier alpha value is -0.190. The molecular weight excluding hydrogens is 262 g/mol. The first-order chi connectivity index (χ1) is 8.81. The van der Waals surface area contributed by atoms with E-state index >= 15 is 0 Å². The monoisotopic (exact) mass is 285 g/mol. The SMILES string of the molecule is CCCNC(CS(=O)c1cccs1)C1CCCC1. The predicted molar refractivity (Wildman–Crippen MR) is 79.6 cm³/mol. The fraction of sp³-hybridized carbons (Fsp3) is 0.714. The molecule has 0 amide bonds. The van der Waals surface area contributed by atoms with Crippen LogP contribution in [0.1, 0.15) is 39.0 Å². The van der Waals surface area contributed by atoms with E-state index in [1.54, 1.807) is 11.3 Å². The van der Waals surface area contributed by atoms with Crippen molar-refractivity contribution >= 4 is 22.1 Å². The van der Waals surface area contributed by atoms with Gasteiger partial charge >= 0.3 is 0 Å². The predicted octanol–water partition coefficient (Wildman–Crippen LogP) is 3.41. The molecule has 4 heteroatoms. The van der Waals surface area contributed by atoms with Crippen LogP contribution in [0.15, 0.2) is 21.7 Å². The Balaban J connectivity index is 1.93. The van der Waals surface area contributed by atoms with Gasteiger partial charge < -0.3 is 5.32 Å². The van der Waals surface area contributed by atoms with Crippen LogP contribution in [0.25, 0.3) is 0 Å². The van der Waals surface area contributed by atoms with Gasteiger partial charge in [0.25, 0.3) is 0 Å². The standard InChI is InChI=1S/C14H23NOS2/c1-2-9-15-13(12-6-3-4-7-12)11-18(16)14-8-5-10-17-14/h5,8,10,12-13,15H,2-4,6-7,9,11H2,1H3. The van der Waals surface area contributed by atoms with Crippen LogP contribution in [0, 0.1) is 5.92 Å². The van der Waals surface area contributed by atoms with Crippen molar-refractivity contribution < 1.29 is 4.21 Å². The molecule has 2 atom stereocenters. The molecule has 102 valence electrons. The molecule has 2 rings (SSSR count). The van der Waals surface area contributed by atoms with Gasteiger partial charge in [-0.25, -0.2) is 0 Å². The zero-order valence-electron chi connectivity index (χ0n) is 11.1. The van der Waals surface area contributed by atoms with Gasteiger partial charge in [-0.15, -0.1) is 11.3 Å². The van der Waals surface area contributed by atoms with Crippen molar-refractivity contribution in [1.82, 2.24) is 5.32 Å². The molecule has 1 heterocycles. The molecule has 2 nitrogen and oxygen atoms in total. The molecule has 0 aliphatic heterocycles. The van der Waals surface area contributed by atoms with E-state index in [9.17, 15) is 4.21 Å². The summed E-state index contributed by atoms with van der Waals surface area (Å²) in [5.74, 6) is 1.52. The minimum absolute atomic E-state index is 0.440. The van der Waals surface area contributed by atoms with Crippen LogP contribution in [0.3, 0.4) is 0 Å². The minimum atomic E-state index is -0.826. The molecule has 0 spiro atoms. The van der Waals surface area contributed by atoms with Gasteiger partial charge in [0.05, 0.1) is 15.0 Å². The van der Waals surface area contributed by atoms with Gasteiger partial charge in [-0.1, -0.05) is 25.8 Å². The van der Waals surface area contributed by atoms with Gasteiger partial charge in [0, 0.05) is 11.8 Å². The van der Waals surface area contributed by atoms with Crippen LogP contribution in [0.2, 0.25) is 0 Å². The fourth-order valence-corrected chi connectivity index (χ4v) is 5.05. The van der Waals surface area contributed by atoms with Crippen molar-refractivity contribution in [1.29, 1.82) is 0 Å². The van der Waals surface area contributed by atoms with Crippen LogP contribution in [0.5, 0.6) is 0 Å². The third-order valence-corrected chi connectivity index (χ3v) is 6.43. The van der Waals surface area contributed by atoms with Gasteiger partial charge in [0.15, 0.2) is 0 Å². The summed E-state index contributed by atoms with van der Waals surface area (Å²) < 4.78 is 13.3. The minimum Gasteiger partial charge on any atom is -0.313 e. The van der Waals surface area contributed by atoms with Crippen LogP contribution in [-0.4, -0.2) is 22.5 Å². The number of thiophene rings is 1. The van der Waals surface area contributed by atoms with Crippen molar-refractivity contribution in [2.75, 3.05) is 12.3 Å². The van der Waals surface area contributed by atoms with Gasteiger partial charge in [-0.3, -0.25) is 4.21 Å². The lowest BCUT2D eigenvalue weighted by atomic mass is 10.00. The van der Waals surface area contributed by atoms with E-state index in [-0.39, 0.29) is 0 Å². The van der Waals surface area contributed by atoms with Gasteiger partial charge in [-0.2, -0.15) is 0 Å². The highest BCUT2D eigenvalue weighted by Gasteiger charge is 2.26. The Morgan fingerprint density at radius 1 is 1.50 bits per heavy atom. The molecule has 1 fully saturated rings. The molecule has 1 aromatic rings. The number of hydrogen-bond donors (Lipinski definition) is 1. The Morgan fingerprint density at radius 2 is 2.28 bits per heavy atom. The maximum absolute atomic E-state index is 12.3. The lowest BCUT2D eigenvalue weighted by Crippen LogP contribution is -2.40. The molecule has 18 heavy (non-hydrogen) atoms. The topological polar surface area (TPSA) is 29.1 Å². The molecule has 0 bridgehead atoms. The Morgan fingerprint density at radius 3 is 2.89 bits per heavy atom. The zero-order valence-corrected chi connectivity index (χ0v) is 12.7. The first-order valence-corrected chi connectivity index (χ1v) is 9.16. The maximum Gasteiger partial charge on any atom is 0.0911 e. The normalized spacial score (nSPS) is 20.1. The second-order valence-corrected chi connectivity index (χ2v) is 7.72. The van der Waals surface area contributed by atoms with Crippen molar-refractivity contribution in [3.05, 3.63) is 17.5 Å². The third-order valence-electron chi connectivity index (χ3n) is 3.68. The summed E-state index contributed by atoms with van der Waals surface area (Å²) in [6.45, 7) is 3.23. The average molecular weight is 285 g/mol. The molecule has 1 aliphatic rings. The molecule has 0 saturated heterocycles. The first kappa shape index (κ1) is 14.2. The summed E-state index contributed by atoms with van der Waals surface area (Å²) in [7, 11) is -0.826. The van der Waals surface area contributed by atoms with Gasteiger partial charge in [0.2, 0.25) is 0 Å². The number of hydrogen-bond acceptors (Lipinski definition) is 3. The molecule has 2 unspecified atom stereocenters. The highest BCUT2D eigenvalue weighted by atomic mass is 32.2. The summed E-state index contributed by atoms with van der Waals surface area (Å²) in [4.78, 5) is 0. The highest BCUT2D eigenvalue weighted by Crippen LogP contribution is 2.29.